The molecule has 0 unspecified atom stereocenters. The summed E-state index contributed by atoms with van der Waals surface area (Å²) in [5.74, 6) is 0. The van der Waals surface area contributed by atoms with E-state index in [1.807, 2.05) is 32.0 Å². The van der Waals surface area contributed by atoms with Crippen molar-refractivity contribution in [2.75, 3.05) is 11.9 Å². The quantitative estimate of drug-likeness (QED) is 0.602. The van der Waals surface area contributed by atoms with E-state index in [2.05, 4.69) is 17.4 Å². The first-order chi connectivity index (χ1) is 11.9. The zero-order valence-electron chi connectivity index (χ0n) is 14.3. The largest absolute Gasteiger partial charge is 0.396 e. The number of benzene rings is 2. The molecular formula is C19H22N2O3S. The van der Waals surface area contributed by atoms with Gasteiger partial charge in [-0.15, -0.1) is 11.8 Å². The molecule has 25 heavy (non-hydrogen) atoms. The van der Waals surface area contributed by atoms with Crippen LogP contribution in [0.2, 0.25) is 0 Å². The van der Waals surface area contributed by atoms with E-state index in [1.165, 1.54) is 6.07 Å². The van der Waals surface area contributed by atoms with Crippen molar-refractivity contribution in [1.29, 1.82) is 0 Å². The molecule has 0 radical (unpaired) electrons. The fourth-order valence-electron chi connectivity index (χ4n) is 3.05. The zero-order valence-corrected chi connectivity index (χ0v) is 15.1. The molecule has 5 nitrogen and oxygen atoms in total. The Morgan fingerprint density at radius 1 is 1.28 bits per heavy atom. The highest BCUT2D eigenvalue weighted by Crippen LogP contribution is 2.48. The molecule has 2 aromatic rings. The molecule has 2 aromatic carbocycles. The van der Waals surface area contributed by atoms with E-state index in [0.717, 1.165) is 22.6 Å². The highest BCUT2D eigenvalue weighted by molar-refractivity contribution is 7.99. The van der Waals surface area contributed by atoms with Crippen molar-refractivity contribution < 1.29 is 10.0 Å². The Labute approximate surface area is 151 Å². The number of aliphatic hydroxyl groups is 1. The number of hydrogen-bond donors (Lipinski definition) is 2. The van der Waals surface area contributed by atoms with Crippen LogP contribution in [-0.4, -0.2) is 22.7 Å². The van der Waals surface area contributed by atoms with Gasteiger partial charge in [0, 0.05) is 39.4 Å². The molecule has 0 spiro atoms. The lowest BCUT2D eigenvalue weighted by Crippen LogP contribution is -2.42. The maximum atomic E-state index is 11.2. The van der Waals surface area contributed by atoms with Gasteiger partial charge >= 0.3 is 0 Å². The Morgan fingerprint density at radius 2 is 2.00 bits per heavy atom. The predicted molar refractivity (Wildman–Crippen MR) is 101 cm³/mol. The molecule has 6 heteroatoms. The summed E-state index contributed by atoms with van der Waals surface area (Å²) in [4.78, 5) is 11.9. The lowest BCUT2D eigenvalue weighted by molar-refractivity contribution is -0.384. The summed E-state index contributed by atoms with van der Waals surface area (Å²) < 4.78 is 0. The van der Waals surface area contributed by atoms with Crippen molar-refractivity contribution in [3.8, 4) is 0 Å². The SMILES string of the molecule is CC(C)(CO)[C@@H]1C[C@H](Sc2ccccc2)c2cc([N+](=O)[O-])ccc2N1. The van der Waals surface area contributed by atoms with Gasteiger partial charge in [0.05, 0.1) is 11.5 Å². The number of nitrogens with zero attached hydrogens (tertiary/aromatic N) is 1. The summed E-state index contributed by atoms with van der Waals surface area (Å²) >= 11 is 1.71. The zero-order chi connectivity index (χ0) is 18.0. The molecule has 132 valence electrons. The van der Waals surface area contributed by atoms with E-state index in [-0.39, 0.29) is 33.9 Å². The average Bonchev–Trinajstić information content (AvgIpc) is 2.62. The van der Waals surface area contributed by atoms with Gasteiger partial charge in [-0.2, -0.15) is 0 Å². The Hall–Kier alpha value is -2.05. The van der Waals surface area contributed by atoms with Crippen LogP contribution in [-0.2, 0) is 0 Å². The van der Waals surface area contributed by atoms with Crippen LogP contribution in [0, 0.1) is 15.5 Å². The molecule has 0 bridgehead atoms. The number of thioether (sulfide) groups is 1. The number of nitro groups is 1. The van der Waals surface area contributed by atoms with E-state index in [4.69, 9.17) is 0 Å². The number of rotatable bonds is 5. The van der Waals surface area contributed by atoms with Gasteiger partial charge in [-0.05, 0) is 30.2 Å². The molecule has 0 amide bonds. The second-order valence-corrected chi connectivity index (χ2v) is 8.30. The molecule has 3 rings (SSSR count). The summed E-state index contributed by atoms with van der Waals surface area (Å²) in [5, 5.41) is 24.5. The third-order valence-electron chi connectivity index (χ3n) is 4.74. The molecule has 0 aromatic heterocycles. The first-order valence-electron chi connectivity index (χ1n) is 8.28. The second kappa shape index (κ2) is 7.06. The van der Waals surface area contributed by atoms with Gasteiger partial charge in [0.25, 0.3) is 5.69 Å². The van der Waals surface area contributed by atoms with E-state index < -0.39 is 0 Å². The van der Waals surface area contributed by atoms with E-state index >= 15 is 0 Å². The normalized spacial score (nSPS) is 19.8. The van der Waals surface area contributed by atoms with Crippen LogP contribution in [0.15, 0.2) is 53.4 Å². The Kier molecular flexibility index (Phi) is 5.01. The van der Waals surface area contributed by atoms with Crippen LogP contribution in [0.4, 0.5) is 11.4 Å². The molecule has 0 fully saturated rings. The van der Waals surface area contributed by atoms with Gasteiger partial charge in [0.2, 0.25) is 0 Å². The van der Waals surface area contributed by atoms with Crippen LogP contribution in [0.5, 0.6) is 0 Å². The van der Waals surface area contributed by atoms with Crippen molar-refractivity contribution in [1.82, 2.24) is 0 Å². The topological polar surface area (TPSA) is 75.4 Å². The molecule has 2 atom stereocenters. The Bertz CT molecular complexity index is 765. The monoisotopic (exact) mass is 358 g/mol. The summed E-state index contributed by atoms with van der Waals surface area (Å²) in [6, 6.07) is 15.1. The van der Waals surface area contributed by atoms with Crippen LogP contribution in [0.3, 0.4) is 0 Å². The van der Waals surface area contributed by atoms with Crippen molar-refractivity contribution in [2.45, 2.75) is 36.5 Å². The summed E-state index contributed by atoms with van der Waals surface area (Å²) in [6.07, 6.45) is 0.793. The minimum atomic E-state index is -0.353. The van der Waals surface area contributed by atoms with Gasteiger partial charge in [-0.1, -0.05) is 32.0 Å². The van der Waals surface area contributed by atoms with Crippen molar-refractivity contribution >= 4 is 23.1 Å². The number of aliphatic hydroxyl groups excluding tert-OH is 1. The minimum Gasteiger partial charge on any atom is -0.396 e. The predicted octanol–water partition coefficient (Wildman–Crippen LogP) is 4.63. The molecule has 1 aliphatic heterocycles. The van der Waals surface area contributed by atoms with Gasteiger partial charge in [0.1, 0.15) is 0 Å². The number of nitro benzene ring substituents is 1. The van der Waals surface area contributed by atoms with Crippen molar-refractivity contribution in [3.05, 3.63) is 64.2 Å². The smallest absolute Gasteiger partial charge is 0.269 e. The van der Waals surface area contributed by atoms with E-state index in [1.54, 1.807) is 23.9 Å². The fraction of sp³-hybridized carbons (Fsp3) is 0.368. The van der Waals surface area contributed by atoms with E-state index in [9.17, 15) is 15.2 Å². The van der Waals surface area contributed by atoms with E-state index in [0.29, 0.717) is 0 Å². The van der Waals surface area contributed by atoms with Crippen molar-refractivity contribution in [3.63, 3.8) is 0 Å². The number of anilines is 1. The minimum absolute atomic E-state index is 0.0791. The third kappa shape index (κ3) is 3.80. The van der Waals surface area contributed by atoms with Crippen LogP contribution in [0.25, 0.3) is 0 Å². The highest BCUT2D eigenvalue weighted by atomic mass is 32.2. The number of nitrogens with one attached hydrogen (secondary N) is 1. The maximum Gasteiger partial charge on any atom is 0.269 e. The molecule has 0 saturated carbocycles. The van der Waals surface area contributed by atoms with Gasteiger partial charge in [-0.25, -0.2) is 0 Å². The molecule has 1 heterocycles. The number of hydrogen-bond acceptors (Lipinski definition) is 5. The molecule has 0 saturated heterocycles. The first kappa shape index (κ1) is 17.8. The van der Waals surface area contributed by atoms with Gasteiger partial charge in [-0.3, -0.25) is 10.1 Å². The second-order valence-electron chi connectivity index (χ2n) is 7.03. The Balaban J connectivity index is 1.98. The molecule has 2 N–H and O–H groups in total. The molecule has 0 aliphatic carbocycles. The maximum absolute atomic E-state index is 11.2. The van der Waals surface area contributed by atoms with Crippen LogP contribution in [0.1, 0.15) is 31.1 Å². The van der Waals surface area contributed by atoms with Crippen molar-refractivity contribution in [2.24, 2.45) is 5.41 Å². The first-order valence-corrected chi connectivity index (χ1v) is 9.16. The summed E-state index contributed by atoms with van der Waals surface area (Å²) in [6.45, 7) is 4.15. The number of fused-ring (bicyclic) bond motifs is 1. The average molecular weight is 358 g/mol. The van der Waals surface area contributed by atoms with Crippen LogP contribution >= 0.6 is 11.8 Å². The molecular weight excluding hydrogens is 336 g/mol. The summed E-state index contributed by atoms with van der Waals surface area (Å²) in [5.41, 5.74) is 1.69. The summed E-state index contributed by atoms with van der Waals surface area (Å²) in [7, 11) is 0. The standard InChI is InChI=1S/C19H22N2O3S/c1-19(2,12-22)18-11-17(25-14-6-4-3-5-7-14)15-10-13(21(23)24)8-9-16(15)20-18/h3-10,17-18,20,22H,11-12H2,1-2H3/t17-,18-/m0/s1. The lowest BCUT2D eigenvalue weighted by Gasteiger charge is -2.41. The lowest BCUT2D eigenvalue weighted by atomic mass is 9.79. The third-order valence-corrected chi connectivity index (χ3v) is 6.02. The Morgan fingerprint density at radius 3 is 2.64 bits per heavy atom. The fourth-order valence-corrected chi connectivity index (χ4v) is 4.30. The van der Waals surface area contributed by atoms with Gasteiger partial charge < -0.3 is 10.4 Å². The molecule has 1 aliphatic rings. The van der Waals surface area contributed by atoms with Crippen LogP contribution < -0.4 is 5.32 Å². The number of non-ortho nitro benzene ring substituents is 1. The highest BCUT2D eigenvalue weighted by Gasteiger charge is 2.37. The van der Waals surface area contributed by atoms with Gasteiger partial charge in [0.15, 0.2) is 0 Å².